The number of amides is 1. The molecule has 0 saturated heterocycles. The van der Waals surface area contributed by atoms with Gasteiger partial charge in [0.2, 0.25) is 5.91 Å². The smallest absolute Gasteiger partial charge is 0.238 e. The van der Waals surface area contributed by atoms with Crippen molar-refractivity contribution in [1.29, 1.82) is 0 Å². The number of rotatable bonds is 5. The number of para-hydroxylation sites is 1. The van der Waals surface area contributed by atoms with Crippen LogP contribution in [0.2, 0.25) is 0 Å². The fraction of sp³-hybridized carbons (Fsp3) is 0.167. The molecule has 0 aliphatic carbocycles. The summed E-state index contributed by atoms with van der Waals surface area (Å²) in [5.74, 6) is -1.26. The summed E-state index contributed by atoms with van der Waals surface area (Å²) in [6, 6.07) is 7.30. The highest BCUT2D eigenvalue weighted by atomic mass is 16.4. The number of aromatic nitrogens is 2. The van der Waals surface area contributed by atoms with Gasteiger partial charge in [0, 0.05) is 17.8 Å². The molecule has 0 radical (unpaired) electrons. The summed E-state index contributed by atoms with van der Waals surface area (Å²) in [5.41, 5.74) is 5.76. The van der Waals surface area contributed by atoms with Crippen LogP contribution in [0, 0.1) is 0 Å². The monoisotopic (exact) mass is 259 g/mol. The van der Waals surface area contributed by atoms with Crippen LogP contribution in [0.3, 0.4) is 0 Å². The molecule has 2 rings (SSSR count). The number of fused-ring (bicyclic) bond motifs is 1. The lowest BCUT2D eigenvalue weighted by atomic mass is 10.2. The van der Waals surface area contributed by atoms with Crippen molar-refractivity contribution in [1.82, 2.24) is 15.4 Å². The number of benzene rings is 1. The van der Waals surface area contributed by atoms with Gasteiger partial charge in [-0.05, 0) is 18.6 Å². The summed E-state index contributed by atoms with van der Waals surface area (Å²) >= 11 is 0. The second-order valence-corrected chi connectivity index (χ2v) is 3.78. The number of carboxylic acid groups (broad SMARTS) is 1. The fourth-order valence-corrected chi connectivity index (χ4v) is 1.51. The Hall–Kier alpha value is -2.70. The zero-order valence-corrected chi connectivity index (χ0v) is 9.92. The van der Waals surface area contributed by atoms with E-state index in [0.717, 1.165) is 10.9 Å². The van der Waals surface area contributed by atoms with Crippen molar-refractivity contribution in [2.75, 3.05) is 5.43 Å². The number of carbonyl (C=O) groups is 2. The predicted molar refractivity (Wildman–Crippen MR) is 65.5 cm³/mol. The molecule has 0 unspecified atom stereocenters. The summed E-state index contributed by atoms with van der Waals surface area (Å²) < 4.78 is 0. The van der Waals surface area contributed by atoms with Crippen LogP contribution in [-0.4, -0.2) is 21.8 Å². The number of nitrogens with one attached hydrogen (secondary N) is 2. The molecule has 0 spiro atoms. The van der Waals surface area contributed by atoms with E-state index in [0.29, 0.717) is 5.82 Å². The third-order valence-electron chi connectivity index (χ3n) is 2.42. The van der Waals surface area contributed by atoms with Crippen molar-refractivity contribution in [3.63, 3.8) is 0 Å². The van der Waals surface area contributed by atoms with Crippen LogP contribution in [0.1, 0.15) is 12.8 Å². The largest absolute Gasteiger partial charge is 0.550 e. The first kappa shape index (κ1) is 12.7. The van der Waals surface area contributed by atoms with E-state index in [1.807, 2.05) is 24.3 Å². The fourth-order valence-electron chi connectivity index (χ4n) is 1.51. The van der Waals surface area contributed by atoms with Gasteiger partial charge in [0.05, 0.1) is 5.52 Å². The first-order valence-electron chi connectivity index (χ1n) is 5.61. The van der Waals surface area contributed by atoms with Crippen LogP contribution in [-0.2, 0) is 9.59 Å². The molecule has 0 bridgehead atoms. The Kier molecular flexibility index (Phi) is 3.87. The standard InChI is InChI=1S/C12H12N4O3/c17-10(5-6-11(18)19)15-16-12-8-3-1-2-4-9(8)13-7-14-12/h1-4,7H,5-6H2,(H,15,17)(H,18,19)(H,13,14,16)/p-1. The third kappa shape index (κ3) is 3.38. The Balaban J connectivity index is 2.02. The van der Waals surface area contributed by atoms with Gasteiger partial charge < -0.3 is 9.90 Å². The molecule has 0 atom stereocenters. The number of anilines is 1. The van der Waals surface area contributed by atoms with E-state index in [1.165, 1.54) is 6.33 Å². The number of hydrogen-bond acceptors (Lipinski definition) is 6. The van der Waals surface area contributed by atoms with Crippen LogP contribution in [0.5, 0.6) is 0 Å². The number of hydrogen-bond donors (Lipinski definition) is 2. The lowest BCUT2D eigenvalue weighted by Gasteiger charge is -2.09. The second-order valence-electron chi connectivity index (χ2n) is 3.78. The van der Waals surface area contributed by atoms with Gasteiger partial charge in [-0.15, -0.1) is 0 Å². The minimum absolute atomic E-state index is 0.154. The highest BCUT2D eigenvalue weighted by Gasteiger charge is 2.04. The van der Waals surface area contributed by atoms with Crippen LogP contribution < -0.4 is 16.0 Å². The number of carboxylic acids is 1. The molecule has 1 amide bonds. The lowest BCUT2D eigenvalue weighted by Crippen LogP contribution is -2.32. The minimum Gasteiger partial charge on any atom is -0.550 e. The molecule has 0 aliphatic heterocycles. The maximum atomic E-state index is 11.3. The zero-order chi connectivity index (χ0) is 13.7. The summed E-state index contributed by atoms with van der Waals surface area (Å²) in [5, 5.41) is 11.0. The zero-order valence-electron chi connectivity index (χ0n) is 9.92. The molecule has 1 aromatic carbocycles. The van der Waals surface area contributed by atoms with Gasteiger partial charge in [-0.3, -0.25) is 15.6 Å². The van der Waals surface area contributed by atoms with Crippen molar-refractivity contribution in [3.8, 4) is 0 Å². The summed E-state index contributed by atoms with van der Waals surface area (Å²) in [4.78, 5) is 29.7. The van der Waals surface area contributed by atoms with Crippen LogP contribution >= 0.6 is 0 Å². The molecule has 98 valence electrons. The molecule has 0 saturated carbocycles. The maximum Gasteiger partial charge on any atom is 0.238 e. The number of aliphatic carboxylic acids is 1. The topological polar surface area (TPSA) is 107 Å². The van der Waals surface area contributed by atoms with Gasteiger partial charge in [-0.1, -0.05) is 12.1 Å². The Labute approximate surface area is 108 Å². The summed E-state index contributed by atoms with van der Waals surface area (Å²) in [7, 11) is 0. The lowest BCUT2D eigenvalue weighted by molar-refractivity contribution is -0.305. The molecule has 2 aromatic rings. The van der Waals surface area contributed by atoms with Gasteiger partial charge in [0.25, 0.3) is 0 Å². The van der Waals surface area contributed by atoms with Crippen LogP contribution in [0.25, 0.3) is 10.9 Å². The van der Waals surface area contributed by atoms with Crippen molar-refractivity contribution in [3.05, 3.63) is 30.6 Å². The predicted octanol–water partition coefficient (Wildman–Crippen LogP) is -0.397. The van der Waals surface area contributed by atoms with Gasteiger partial charge >= 0.3 is 0 Å². The molecule has 0 fully saturated rings. The van der Waals surface area contributed by atoms with Crippen molar-refractivity contribution in [2.24, 2.45) is 0 Å². The van der Waals surface area contributed by atoms with E-state index < -0.39 is 11.9 Å². The average molecular weight is 259 g/mol. The molecule has 19 heavy (non-hydrogen) atoms. The van der Waals surface area contributed by atoms with Crippen molar-refractivity contribution >= 4 is 28.6 Å². The number of carbonyl (C=O) groups excluding carboxylic acids is 2. The van der Waals surface area contributed by atoms with Gasteiger partial charge in [-0.25, -0.2) is 9.97 Å². The Morgan fingerprint density at radius 1 is 1.16 bits per heavy atom. The van der Waals surface area contributed by atoms with Crippen LogP contribution in [0.15, 0.2) is 30.6 Å². The first-order valence-corrected chi connectivity index (χ1v) is 5.61. The van der Waals surface area contributed by atoms with E-state index >= 15 is 0 Å². The molecule has 7 heteroatoms. The third-order valence-corrected chi connectivity index (χ3v) is 2.42. The van der Waals surface area contributed by atoms with E-state index in [4.69, 9.17) is 0 Å². The maximum absolute atomic E-state index is 11.3. The summed E-state index contributed by atoms with van der Waals surface area (Å²) in [6.45, 7) is 0. The Morgan fingerprint density at radius 2 is 1.95 bits per heavy atom. The second kappa shape index (κ2) is 5.76. The highest BCUT2D eigenvalue weighted by molar-refractivity contribution is 5.89. The molecule has 7 nitrogen and oxygen atoms in total. The Bertz CT molecular complexity index is 609. The number of hydrazine groups is 1. The molecule has 1 aromatic heterocycles. The average Bonchev–Trinajstić information content (AvgIpc) is 2.42. The van der Waals surface area contributed by atoms with Crippen molar-refractivity contribution in [2.45, 2.75) is 12.8 Å². The van der Waals surface area contributed by atoms with Gasteiger partial charge in [0.15, 0.2) is 5.82 Å². The molecule has 2 N–H and O–H groups in total. The molecule has 1 heterocycles. The first-order chi connectivity index (χ1) is 9.16. The number of nitrogens with zero attached hydrogens (tertiary/aromatic N) is 2. The normalized spacial score (nSPS) is 10.1. The molecule has 0 aliphatic rings. The van der Waals surface area contributed by atoms with Gasteiger partial charge in [0.1, 0.15) is 6.33 Å². The summed E-state index contributed by atoms with van der Waals surface area (Å²) in [6.07, 6.45) is 0.897. The minimum atomic E-state index is -1.26. The quantitative estimate of drug-likeness (QED) is 0.708. The van der Waals surface area contributed by atoms with Crippen LogP contribution in [0.4, 0.5) is 5.82 Å². The highest BCUT2D eigenvalue weighted by Crippen LogP contribution is 2.17. The van der Waals surface area contributed by atoms with Gasteiger partial charge in [-0.2, -0.15) is 0 Å². The van der Waals surface area contributed by atoms with E-state index in [9.17, 15) is 14.7 Å². The SMILES string of the molecule is O=C([O-])CCC(=O)NNc1ncnc2ccccc12. The Morgan fingerprint density at radius 3 is 2.74 bits per heavy atom. The van der Waals surface area contributed by atoms with E-state index in [-0.39, 0.29) is 12.8 Å². The van der Waals surface area contributed by atoms with E-state index in [2.05, 4.69) is 20.8 Å². The molecular formula is C12H11N4O3-. The van der Waals surface area contributed by atoms with Crippen molar-refractivity contribution < 1.29 is 14.7 Å². The molecular weight excluding hydrogens is 248 g/mol. The van der Waals surface area contributed by atoms with E-state index in [1.54, 1.807) is 0 Å².